The highest BCUT2D eigenvalue weighted by molar-refractivity contribution is 7.16. The zero-order valence-electron chi connectivity index (χ0n) is 13.7. The fourth-order valence-corrected chi connectivity index (χ4v) is 4.25. The van der Waals surface area contributed by atoms with Crippen LogP contribution in [0.2, 0.25) is 5.02 Å². The minimum Gasteiger partial charge on any atom is -0.477 e. The van der Waals surface area contributed by atoms with Gasteiger partial charge in [0.15, 0.2) is 5.78 Å². The highest BCUT2D eigenvalue weighted by Gasteiger charge is 2.22. The predicted octanol–water partition coefficient (Wildman–Crippen LogP) is 4.42. The minimum atomic E-state index is -1.26. The third kappa shape index (κ3) is 3.79. The number of halogens is 1. The second kappa shape index (κ2) is 7.73. The first-order valence-electron chi connectivity index (χ1n) is 8.06. The van der Waals surface area contributed by atoms with Crippen LogP contribution in [0.3, 0.4) is 0 Å². The van der Waals surface area contributed by atoms with Gasteiger partial charge in [-0.05, 0) is 55.5 Å². The summed E-state index contributed by atoms with van der Waals surface area (Å²) in [4.78, 5) is 25.0. The van der Waals surface area contributed by atoms with Crippen LogP contribution in [0, 0.1) is 11.3 Å². The number of nitrogens with one attached hydrogen (secondary N) is 1. The second-order valence-electron chi connectivity index (χ2n) is 5.89. The molecule has 0 radical (unpaired) electrons. The molecule has 2 aromatic rings. The number of benzene rings is 1. The molecule has 26 heavy (non-hydrogen) atoms. The molecule has 0 unspecified atom stereocenters. The van der Waals surface area contributed by atoms with Crippen LogP contribution >= 0.6 is 22.9 Å². The van der Waals surface area contributed by atoms with E-state index in [0.717, 1.165) is 42.2 Å². The van der Waals surface area contributed by atoms with Gasteiger partial charge in [0, 0.05) is 21.5 Å². The van der Waals surface area contributed by atoms with Crippen LogP contribution in [0.15, 0.2) is 36.0 Å². The number of aliphatic carboxylic acids is 1. The van der Waals surface area contributed by atoms with Crippen molar-refractivity contribution in [3.8, 4) is 6.07 Å². The molecule has 0 saturated heterocycles. The summed E-state index contributed by atoms with van der Waals surface area (Å²) in [7, 11) is 0. The standard InChI is InChI=1S/C19H15ClN2O3S/c20-12-7-5-11(6-8-12)16(23)9-15(19(24)25)22-18-14(10-21)13-3-1-2-4-17(13)26-18/h5-9,22H,1-4H2,(H,24,25). The summed E-state index contributed by atoms with van der Waals surface area (Å²) in [5, 5.41) is 22.7. The molecule has 0 atom stereocenters. The Kier molecular flexibility index (Phi) is 5.40. The third-order valence-corrected chi connectivity index (χ3v) is 5.63. The summed E-state index contributed by atoms with van der Waals surface area (Å²) in [5.41, 5.74) is 1.55. The van der Waals surface area contributed by atoms with Crippen LogP contribution < -0.4 is 5.32 Å². The monoisotopic (exact) mass is 386 g/mol. The molecule has 0 amide bonds. The van der Waals surface area contributed by atoms with E-state index in [2.05, 4.69) is 11.4 Å². The number of nitriles is 1. The van der Waals surface area contributed by atoms with Crippen LogP contribution in [-0.4, -0.2) is 16.9 Å². The number of nitrogens with zero attached hydrogens (tertiary/aromatic N) is 1. The Morgan fingerprint density at radius 3 is 2.58 bits per heavy atom. The van der Waals surface area contributed by atoms with Crippen LogP contribution in [0.1, 0.15) is 39.2 Å². The summed E-state index contributed by atoms with van der Waals surface area (Å²) in [6.45, 7) is 0. The van der Waals surface area contributed by atoms with E-state index in [0.29, 0.717) is 21.2 Å². The highest BCUT2D eigenvalue weighted by atomic mass is 35.5. The summed E-state index contributed by atoms with van der Waals surface area (Å²) >= 11 is 7.19. The van der Waals surface area contributed by atoms with Gasteiger partial charge in [-0.1, -0.05) is 11.6 Å². The zero-order valence-corrected chi connectivity index (χ0v) is 15.3. The molecular formula is C19H15ClN2O3S. The number of allylic oxidation sites excluding steroid dienone is 1. The van der Waals surface area contributed by atoms with Crippen molar-refractivity contribution in [3.05, 3.63) is 62.6 Å². The Balaban J connectivity index is 1.91. The summed E-state index contributed by atoms with van der Waals surface area (Å²) in [6.07, 6.45) is 4.84. The molecule has 0 saturated carbocycles. The van der Waals surface area contributed by atoms with Crippen molar-refractivity contribution in [1.29, 1.82) is 5.26 Å². The maximum absolute atomic E-state index is 12.3. The van der Waals surface area contributed by atoms with Gasteiger partial charge in [-0.3, -0.25) is 4.79 Å². The fourth-order valence-electron chi connectivity index (χ4n) is 2.87. The molecule has 1 aliphatic carbocycles. The Hall–Kier alpha value is -2.62. The van der Waals surface area contributed by atoms with Crippen molar-refractivity contribution >= 4 is 39.7 Å². The number of aryl methyl sites for hydroxylation is 1. The second-order valence-corrected chi connectivity index (χ2v) is 7.43. The number of thiophene rings is 1. The average molecular weight is 387 g/mol. The van der Waals surface area contributed by atoms with Crippen molar-refractivity contribution in [2.75, 3.05) is 5.32 Å². The quantitative estimate of drug-likeness (QED) is 0.586. The van der Waals surface area contributed by atoms with Gasteiger partial charge in [0.05, 0.1) is 5.56 Å². The fraction of sp³-hybridized carbons (Fsp3) is 0.211. The van der Waals surface area contributed by atoms with E-state index in [9.17, 15) is 20.0 Å². The number of carboxylic acid groups (broad SMARTS) is 1. The largest absolute Gasteiger partial charge is 0.477 e. The summed E-state index contributed by atoms with van der Waals surface area (Å²) in [5.74, 6) is -1.71. The van der Waals surface area contributed by atoms with Crippen molar-refractivity contribution in [2.45, 2.75) is 25.7 Å². The number of hydrogen-bond donors (Lipinski definition) is 2. The van der Waals surface area contributed by atoms with E-state index in [4.69, 9.17) is 11.6 Å². The van der Waals surface area contributed by atoms with Gasteiger partial charge in [-0.25, -0.2) is 4.79 Å². The number of carbonyl (C=O) groups is 2. The summed E-state index contributed by atoms with van der Waals surface area (Å²) < 4.78 is 0. The molecule has 132 valence electrons. The van der Waals surface area contributed by atoms with E-state index in [1.165, 1.54) is 23.5 Å². The molecule has 1 aliphatic rings. The van der Waals surface area contributed by atoms with Gasteiger partial charge in [-0.2, -0.15) is 5.26 Å². The SMILES string of the molecule is N#Cc1c(NC(=CC(=O)c2ccc(Cl)cc2)C(=O)O)sc2c1CCCC2. The Labute approximate surface area is 159 Å². The third-order valence-electron chi connectivity index (χ3n) is 4.17. The number of carbonyl (C=O) groups excluding carboxylic acids is 1. The average Bonchev–Trinajstić information content (AvgIpc) is 2.98. The van der Waals surface area contributed by atoms with Crippen LogP contribution in [0.5, 0.6) is 0 Å². The lowest BCUT2D eigenvalue weighted by Gasteiger charge is -2.09. The molecule has 0 aliphatic heterocycles. The molecule has 1 aromatic carbocycles. The predicted molar refractivity (Wildman–Crippen MR) is 101 cm³/mol. The van der Waals surface area contributed by atoms with E-state index in [-0.39, 0.29) is 5.70 Å². The number of rotatable bonds is 5. The van der Waals surface area contributed by atoms with E-state index in [1.807, 2.05) is 0 Å². The van der Waals surface area contributed by atoms with Gasteiger partial charge in [-0.15, -0.1) is 11.3 Å². The Bertz CT molecular complexity index is 939. The molecule has 2 N–H and O–H groups in total. The first-order valence-corrected chi connectivity index (χ1v) is 9.25. The number of fused-ring (bicyclic) bond motifs is 1. The molecule has 5 nitrogen and oxygen atoms in total. The molecule has 0 spiro atoms. The maximum atomic E-state index is 12.3. The van der Waals surface area contributed by atoms with E-state index < -0.39 is 11.8 Å². The normalized spacial score (nSPS) is 13.6. The lowest BCUT2D eigenvalue weighted by molar-refractivity contribution is -0.132. The first-order chi connectivity index (χ1) is 12.5. The topological polar surface area (TPSA) is 90.2 Å². The van der Waals surface area contributed by atoms with Crippen molar-refractivity contribution in [1.82, 2.24) is 0 Å². The van der Waals surface area contributed by atoms with Crippen LogP contribution in [0.4, 0.5) is 5.00 Å². The lowest BCUT2D eigenvalue weighted by Crippen LogP contribution is -2.13. The molecule has 1 heterocycles. The number of carboxylic acids is 1. The number of ketones is 1. The van der Waals surface area contributed by atoms with E-state index in [1.54, 1.807) is 12.1 Å². The molecule has 1 aromatic heterocycles. The van der Waals surface area contributed by atoms with Crippen LogP contribution in [-0.2, 0) is 17.6 Å². The van der Waals surface area contributed by atoms with E-state index >= 15 is 0 Å². The molecular weight excluding hydrogens is 372 g/mol. The Morgan fingerprint density at radius 1 is 1.23 bits per heavy atom. The van der Waals surface area contributed by atoms with Gasteiger partial charge in [0.25, 0.3) is 0 Å². The Morgan fingerprint density at radius 2 is 1.92 bits per heavy atom. The summed E-state index contributed by atoms with van der Waals surface area (Å²) in [6, 6.07) is 8.37. The molecule has 3 rings (SSSR count). The molecule has 7 heteroatoms. The smallest absolute Gasteiger partial charge is 0.352 e. The van der Waals surface area contributed by atoms with Crippen molar-refractivity contribution in [3.63, 3.8) is 0 Å². The van der Waals surface area contributed by atoms with Gasteiger partial charge >= 0.3 is 5.97 Å². The van der Waals surface area contributed by atoms with Crippen molar-refractivity contribution < 1.29 is 14.7 Å². The van der Waals surface area contributed by atoms with Gasteiger partial charge in [0.1, 0.15) is 16.8 Å². The van der Waals surface area contributed by atoms with Gasteiger partial charge < -0.3 is 10.4 Å². The first kappa shape index (κ1) is 18.2. The highest BCUT2D eigenvalue weighted by Crippen LogP contribution is 2.38. The number of anilines is 1. The maximum Gasteiger partial charge on any atom is 0.352 e. The number of hydrogen-bond acceptors (Lipinski definition) is 5. The zero-order chi connectivity index (χ0) is 18.7. The van der Waals surface area contributed by atoms with Crippen LogP contribution in [0.25, 0.3) is 0 Å². The molecule has 0 bridgehead atoms. The lowest BCUT2D eigenvalue weighted by atomic mass is 9.96. The van der Waals surface area contributed by atoms with Crippen molar-refractivity contribution in [2.24, 2.45) is 0 Å². The van der Waals surface area contributed by atoms with Gasteiger partial charge in [0.2, 0.25) is 0 Å². The minimum absolute atomic E-state index is 0.264. The molecule has 0 fully saturated rings.